The van der Waals surface area contributed by atoms with E-state index in [1.165, 1.54) is 12.8 Å². The zero-order valence-electron chi connectivity index (χ0n) is 5.81. The van der Waals surface area contributed by atoms with Crippen LogP contribution in [0.15, 0.2) is 0 Å². The Balaban J connectivity index is 3.07. The molecule has 0 aromatic carbocycles. The van der Waals surface area contributed by atoms with E-state index in [9.17, 15) is 0 Å². The van der Waals surface area contributed by atoms with Crippen molar-refractivity contribution < 1.29 is 0 Å². The standard InChI is InChI=1S/C7H15S/c1-4-6-7(5-2)8-3/h7H,1,4-6H2,2-3H3. The van der Waals surface area contributed by atoms with Crippen LogP contribution in [0.2, 0.25) is 0 Å². The molecule has 0 aliphatic rings. The van der Waals surface area contributed by atoms with Crippen molar-refractivity contribution >= 4 is 11.8 Å². The molecule has 8 heavy (non-hydrogen) atoms. The lowest BCUT2D eigenvalue weighted by atomic mass is 10.2. The first-order valence-electron chi connectivity index (χ1n) is 3.17. The quantitative estimate of drug-likeness (QED) is 0.565. The Morgan fingerprint density at radius 3 is 2.38 bits per heavy atom. The molecule has 0 fully saturated rings. The summed E-state index contributed by atoms with van der Waals surface area (Å²) in [5.41, 5.74) is 0. The molecule has 0 rings (SSSR count). The van der Waals surface area contributed by atoms with Crippen LogP contribution in [0.1, 0.15) is 26.2 Å². The van der Waals surface area contributed by atoms with Gasteiger partial charge in [-0.3, -0.25) is 0 Å². The molecule has 49 valence electrons. The lowest BCUT2D eigenvalue weighted by molar-refractivity contribution is 0.748. The third-order valence-electron chi connectivity index (χ3n) is 1.31. The van der Waals surface area contributed by atoms with Gasteiger partial charge in [-0.1, -0.05) is 20.3 Å². The molecule has 0 aliphatic heterocycles. The van der Waals surface area contributed by atoms with Crippen molar-refractivity contribution in [2.75, 3.05) is 6.26 Å². The van der Waals surface area contributed by atoms with Gasteiger partial charge in [0, 0.05) is 5.25 Å². The SMILES string of the molecule is [CH2]CCC(CC)SC. The van der Waals surface area contributed by atoms with Crippen molar-refractivity contribution in [3.8, 4) is 0 Å². The summed E-state index contributed by atoms with van der Waals surface area (Å²) in [5, 5.41) is 0.854. The lowest BCUT2D eigenvalue weighted by Crippen LogP contribution is -1.97. The predicted octanol–water partition coefficient (Wildman–Crippen LogP) is 2.74. The van der Waals surface area contributed by atoms with E-state index >= 15 is 0 Å². The summed E-state index contributed by atoms with van der Waals surface area (Å²) >= 11 is 1.95. The zero-order chi connectivity index (χ0) is 6.41. The maximum absolute atomic E-state index is 3.81. The van der Waals surface area contributed by atoms with E-state index in [0.717, 1.165) is 11.7 Å². The van der Waals surface area contributed by atoms with Crippen molar-refractivity contribution in [1.82, 2.24) is 0 Å². The Hall–Kier alpha value is 0.350. The van der Waals surface area contributed by atoms with Crippen molar-refractivity contribution in [3.05, 3.63) is 6.92 Å². The summed E-state index contributed by atoms with van der Waals surface area (Å²) in [6.45, 7) is 6.04. The van der Waals surface area contributed by atoms with Crippen LogP contribution in [-0.2, 0) is 0 Å². The summed E-state index contributed by atoms with van der Waals surface area (Å²) in [7, 11) is 0. The molecule has 0 saturated heterocycles. The minimum absolute atomic E-state index is 0.854. The first-order chi connectivity index (χ1) is 3.85. The largest absolute Gasteiger partial charge is 0.162 e. The van der Waals surface area contributed by atoms with Crippen LogP contribution >= 0.6 is 11.8 Å². The molecule has 0 nitrogen and oxygen atoms in total. The Labute approximate surface area is 57.1 Å². The maximum Gasteiger partial charge on any atom is 0.00416 e. The normalized spacial score (nSPS) is 13.9. The second-order valence-electron chi connectivity index (χ2n) is 1.91. The van der Waals surface area contributed by atoms with E-state index in [1.807, 2.05) is 11.8 Å². The van der Waals surface area contributed by atoms with Crippen molar-refractivity contribution in [1.29, 1.82) is 0 Å². The summed E-state index contributed by atoms with van der Waals surface area (Å²) in [6.07, 6.45) is 5.82. The van der Waals surface area contributed by atoms with Crippen LogP contribution in [-0.4, -0.2) is 11.5 Å². The minimum atomic E-state index is 0.854. The minimum Gasteiger partial charge on any atom is -0.162 e. The molecule has 0 aliphatic carbocycles. The Morgan fingerprint density at radius 2 is 2.25 bits per heavy atom. The van der Waals surface area contributed by atoms with Crippen molar-refractivity contribution in [2.45, 2.75) is 31.4 Å². The Morgan fingerprint density at radius 1 is 1.62 bits per heavy atom. The van der Waals surface area contributed by atoms with Crippen LogP contribution in [0.3, 0.4) is 0 Å². The van der Waals surface area contributed by atoms with Crippen LogP contribution < -0.4 is 0 Å². The third-order valence-corrected chi connectivity index (χ3v) is 2.55. The molecule has 0 aromatic rings. The van der Waals surface area contributed by atoms with E-state index in [2.05, 4.69) is 20.1 Å². The lowest BCUT2D eigenvalue weighted by Gasteiger charge is -2.07. The fraction of sp³-hybridized carbons (Fsp3) is 0.857. The molecule has 0 bridgehead atoms. The molecule has 0 amide bonds. The molecule has 0 spiro atoms. The maximum atomic E-state index is 3.81. The van der Waals surface area contributed by atoms with Crippen LogP contribution in [0.25, 0.3) is 0 Å². The van der Waals surface area contributed by atoms with Gasteiger partial charge in [-0.05, 0) is 19.1 Å². The first-order valence-corrected chi connectivity index (χ1v) is 4.46. The average molecular weight is 131 g/mol. The molecule has 0 N–H and O–H groups in total. The van der Waals surface area contributed by atoms with Gasteiger partial charge >= 0.3 is 0 Å². The molecule has 0 aromatic heterocycles. The van der Waals surface area contributed by atoms with Crippen molar-refractivity contribution in [2.24, 2.45) is 0 Å². The smallest absolute Gasteiger partial charge is 0.00416 e. The van der Waals surface area contributed by atoms with E-state index < -0.39 is 0 Å². The van der Waals surface area contributed by atoms with Crippen LogP contribution in [0, 0.1) is 6.92 Å². The molecule has 1 unspecified atom stereocenters. The highest BCUT2D eigenvalue weighted by Gasteiger charge is 1.99. The Bertz CT molecular complexity index is 39.7. The van der Waals surface area contributed by atoms with Gasteiger partial charge in [-0.25, -0.2) is 0 Å². The highest BCUT2D eigenvalue weighted by Crippen LogP contribution is 2.15. The van der Waals surface area contributed by atoms with E-state index in [4.69, 9.17) is 0 Å². The van der Waals surface area contributed by atoms with E-state index in [0.29, 0.717) is 0 Å². The number of hydrogen-bond donors (Lipinski definition) is 0. The molecule has 0 saturated carbocycles. The van der Waals surface area contributed by atoms with Gasteiger partial charge in [0.1, 0.15) is 0 Å². The average Bonchev–Trinajstić information content (AvgIpc) is 1.83. The van der Waals surface area contributed by atoms with Crippen LogP contribution in [0.4, 0.5) is 0 Å². The fourth-order valence-corrected chi connectivity index (χ4v) is 1.45. The van der Waals surface area contributed by atoms with Gasteiger partial charge < -0.3 is 0 Å². The van der Waals surface area contributed by atoms with Gasteiger partial charge in [-0.15, -0.1) is 0 Å². The van der Waals surface area contributed by atoms with Gasteiger partial charge in [0.15, 0.2) is 0 Å². The van der Waals surface area contributed by atoms with E-state index in [1.54, 1.807) is 0 Å². The van der Waals surface area contributed by atoms with Crippen LogP contribution in [0.5, 0.6) is 0 Å². The molecular weight excluding hydrogens is 116 g/mol. The highest BCUT2D eigenvalue weighted by atomic mass is 32.2. The molecule has 1 atom stereocenters. The number of rotatable bonds is 4. The fourth-order valence-electron chi connectivity index (χ4n) is 0.716. The number of thioether (sulfide) groups is 1. The van der Waals surface area contributed by atoms with E-state index in [-0.39, 0.29) is 0 Å². The summed E-state index contributed by atoms with van der Waals surface area (Å²) in [5.74, 6) is 0. The zero-order valence-corrected chi connectivity index (χ0v) is 6.63. The molecule has 1 heteroatoms. The molecule has 0 heterocycles. The van der Waals surface area contributed by atoms with Gasteiger partial charge in [0.25, 0.3) is 0 Å². The molecule has 1 radical (unpaired) electrons. The van der Waals surface area contributed by atoms with Gasteiger partial charge in [0.2, 0.25) is 0 Å². The van der Waals surface area contributed by atoms with Gasteiger partial charge in [0.05, 0.1) is 0 Å². The second kappa shape index (κ2) is 5.49. The highest BCUT2D eigenvalue weighted by molar-refractivity contribution is 7.99. The second-order valence-corrected chi connectivity index (χ2v) is 3.05. The third kappa shape index (κ3) is 3.36. The number of hydrogen-bond acceptors (Lipinski definition) is 1. The van der Waals surface area contributed by atoms with Crippen molar-refractivity contribution in [3.63, 3.8) is 0 Å². The monoisotopic (exact) mass is 131 g/mol. The summed E-state index contributed by atoms with van der Waals surface area (Å²) < 4.78 is 0. The topological polar surface area (TPSA) is 0 Å². The van der Waals surface area contributed by atoms with Gasteiger partial charge in [-0.2, -0.15) is 11.8 Å². The predicted molar refractivity (Wildman–Crippen MR) is 42.2 cm³/mol. The molecular formula is C7H15S. The summed E-state index contributed by atoms with van der Waals surface area (Å²) in [6, 6.07) is 0. The first kappa shape index (κ1) is 8.35. The summed E-state index contributed by atoms with van der Waals surface area (Å²) in [4.78, 5) is 0. The Kier molecular flexibility index (Phi) is 5.73.